The van der Waals surface area contributed by atoms with Crippen LogP contribution in [0.1, 0.15) is 0 Å². The third-order valence-corrected chi connectivity index (χ3v) is 3.96. The molecule has 1 aliphatic rings. The van der Waals surface area contributed by atoms with Crippen molar-refractivity contribution < 1.29 is 19.4 Å². The average molecular weight is 179 g/mol. The summed E-state index contributed by atoms with van der Waals surface area (Å²) in [5.74, 6) is -1.19. The van der Waals surface area contributed by atoms with Gasteiger partial charge in [-0.25, -0.2) is 0 Å². The topological polar surface area (TPSA) is 86.6 Å². The van der Waals surface area contributed by atoms with Crippen molar-refractivity contribution in [2.45, 2.75) is 5.66 Å². The fourth-order valence-corrected chi connectivity index (χ4v) is 2.59. The molecule has 0 amide bonds. The predicted molar refractivity (Wildman–Crippen MR) is 39.0 cm³/mol. The van der Waals surface area contributed by atoms with Crippen molar-refractivity contribution in [1.29, 1.82) is 0 Å². The molecule has 0 saturated carbocycles. The Bertz CT molecular complexity index is 217. The van der Waals surface area contributed by atoms with Gasteiger partial charge < -0.3 is 15.3 Å². The van der Waals surface area contributed by atoms with Crippen LogP contribution in [0.4, 0.5) is 0 Å². The second kappa shape index (κ2) is 2.93. The summed E-state index contributed by atoms with van der Waals surface area (Å²) in [6.07, 6.45) is 0.0595. The van der Waals surface area contributed by atoms with Crippen molar-refractivity contribution >= 4 is 13.3 Å². The van der Waals surface area contributed by atoms with Crippen molar-refractivity contribution in [2.24, 2.45) is 0 Å². The summed E-state index contributed by atoms with van der Waals surface area (Å²) in [5, 5.41) is 11.3. The lowest BCUT2D eigenvalue weighted by molar-refractivity contribution is -0.136. The van der Waals surface area contributed by atoms with Crippen LogP contribution in [0.3, 0.4) is 0 Å². The Morgan fingerprint density at radius 2 is 2.27 bits per heavy atom. The zero-order chi connectivity index (χ0) is 8.48. The monoisotopic (exact) mass is 179 g/mol. The lowest BCUT2D eigenvalue weighted by Gasteiger charge is -2.24. The van der Waals surface area contributed by atoms with Crippen LogP contribution in [0, 0.1) is 0 Å². The minimum Gasteiger partial charge on any atom is -0.481 e. The van der Waals surface area contributed by atoms with Crippen LogP contribution in [0.15, 0.2) is 0 Å². The first-order chi connectivity index (χ1) is 5.04. The molecular formula is C5H10NO4P. The molecule has 0 aromatic carbocycles. The zero-order valence-corrected chi connectivity index (χ0v) is 6.75. The van der Waals surface area contributed by atoms with Crippen molar-refractivity contribution in [3.8, 4) is 0 Å². The Morgan fingerprint density at radius 1 is 1.64 bits per heavy atom. The molecule has 3 N–H and O–H groups in total. The number of hydrogen-bond acceptors (Lipinski definition) is 3. The third kappa shape index (κ3) is 1.80. The second-order valence-corrected chi connectivity index (χ2v) is 5.12. The molecule has 0 aliphatic carbocycles. The number of carboxylic acid groups (broad SMARTS) is 1. The van der Waals surface area contributed by atoms with Gasteiger partial charge in [-0.3, -0.25) is 9.36 Å². The van der Waals surface area contributed by atoms with E-state index >= 15 is 0 Å². The van der Waals surface area contributed by atoms with Gasteiger partial charge in [-0.15, -0.1) is 0 Å². The maximum Gasteiger partial charge on any atom is 0.317 e. The summed E-state index contributed by atoms with van der Waals surface area (Å²) < 4.78 is 11.1. The van der Waals surface area contributed by atoms with Crippen molar-refractivity contribution in [3.63, 3.8) is 0 Å². The van der Waals surface area contributed by atoms with E-state index in [4.69, 9.17) is 10.00 Å². The predicted octanol–water partition coefficient (Wildman–Crippen LogP) is -0.687. The molecule has 0 aromatic rings. The number of nitrogens with one attached hydrogen (secondary N) is 1. The molecule has 2 atom stereocenters. The highest BCUT2D eigenvalue weighted by atomic mass is 31.2. The molecule has 11 heavy (non-hydrogen) atoms. The molecule has 64 valence electrons. The van der Waals surface area contributed by atoms with E-state index in [-0.39, 0.29) is 12.7 Å². The van der Waals surface area contributed by atoms with E-state index < -0.39 is 19.0 Å². The zero-order valence-electron chi connectivity index (χ0n) is 5.86. The van der Waals surface area contributed by atoms with Crippen LogP contribution in [0.5, 0.6) is 0 Å². The number of carbonyl (C=O) groups is 1. The van der Waals surface area contributed by atoms with E-state index in [0.29, 0.717) is 6.54 Å². The van der Waals surface area contributed by atoms with Gasteiger partial charge in [0.1, 0.15) is 5.66 Å². The second-order valence-electron chi connectivity index (χ2n) is 2.54. The van der Waals surface area contributed by atoms with E-state index in [9.17, 15) is 9.36 Å². The van der Waals surface area contributed by atoms with Crippen molar-refractivity contribution in [1.82, 2.24) is 5.32 Å². The highest BCUT2D eigenvalue weighted by Crippen LogP contribution is 2.46. The van der Waals surface area contributed by atoms with E-state index in [1.807, 2.05) is 0 Å². The highest BCUT2D eigenvalue weighted by molar-refractivity contribution is 7.59. The van der Waals surface area contributed by atoms with Gasteiger partial charge in [0.2, 0.25) is 7.37 Å². The van der Waals surface area contributed by atoms with Gasteiger partial charge in [-0.1, -0.05) is 0 Å². The summed E-state index contributed by atoms with van der Waals surface area (Å²) in [4.78, 5) is 19.5. The van der Waals surface area contributed by atoms with Gasteiger partial charge in [-0.2, -0.15) is 0 Å². The van der Waals surface area contributed by atoms with Crippen LogP contribution >= 0.6 is 7.37 Å². The minimum absolute atomic E-state index is 0.0595. The first kappa shape index (κ1) is 8.71. The van der Waals surface area contributed by atoms with Crippen LogP contribution in [0.25, 0.3) is 0 Å². The maximum atomic E-state index is 11.1. The molecule has 2 unspecified atom stereocenters. The van der Waals surface area contributed by atoms with Gasteiger partial charge >= 0.3 is 5.97 Å². The number of hydrogen-bond donors (Lipinski definition) is 3. The lowest BCUT2D eigenvalue weighted by atomic mass is 10.4. The van der Waals surface area contributed by atoms with E-state index in [2.05, 4.69) is 5.32 Å². The Hall–Kier alpha value is -0.380. The van der Waals surface area contributed by atoms with Gasteiger partial charge in [0.05, 0.1) is 0 Å². The maximum absolute atomic E-state index is 11.1. The molecule has 6 heteroatoms. The molecule has 5 nitrogen and oxygen atoms in total. The summed E-state index contributed by atoms with van der Waals surface area (Å²) in [6.45, 7) is 0.528. The number of rotatable bonds is 1. The molecule has 1 rings (SSSR count). The van der Waals surface area contributed by atoms with E-state index in [1.165, 1.54) is 0 Å². The smallest absolute Gasteiger partial charge is 0.317 e. The van der Waals surface area contributed by atoms with Gasteiger partial charge in [-0.05, 0) is 0 Å². The largest absolute Gasteiger partial charge is 0.481 e. The number of carboxylic acids is 1. The lowest BCUT2D eigenvalue weighted by Crippen LogP contribution is -2.40. The first-order valence-electron chi connectivity index (χ1n) is 3.29. The molecule has 0 radical (unpaired) electrons. The molecule has 1 saturated heterocycles. The highest BCUT2D eigenvalue weighted by Gasteiger charge is 2.38. The van der Waals surface area contributed by atoms with Gasteiger partial charge in [0, 0.05) is 19.3 Å². The molecular weight excluding hydrogens is 169 g/mol. The van der Waals surface area contributed by atoms with E-state index in [0.717, 1.165) is 0 Å². The molecule has 0 spiro atoms. The first-order valence-corrected chi connectivity index (χ1v) is 5.20. The van der Waals surface area contributed by atoms with Crippen molar-refractivity contribution in [3.05, 3.63) is 0 Å². The quantitative estimate of drug-likeness (QED) is 0.464. The molecule has 0 aromatic heterocycles. The van der Waals surface area contributed by atoms with Crippen LogP contribution in [-0.2, 0) is 9.36 Å². The Labute approximate surface area is 63.9 Å². The Morgan fingerprint density at radius 3 is 2.64 bits per heavy atom. The van der Waals surface area contributed by atoms with Gasteiger partial charge in [0.15, 0.2) is 0 Å². The normalized spacial score (nSPS) is 38.5. The minimum atomic E-state index is -3.41. The molecule has 0 bridgehead atoms. The van der Waals surface area contributed by atoms with Crippen molar-refractivity contribution in [2.75, 3.05) is 19.3 Å². The summed E-state index contributed by atoms with van der Waals surface area (Å²) in [5.41, 5.74) is -1.11. The fraction of sp³-hybridized carbons (Fsp3) is 0.800. The van der Waals surface area contributed by atoms with E-state index in [1.54, 1.807) is 0 Å². The third-order valence-electron chi connectivity index (χ3n) is 1.72. The summed E-state index contributed by atoms with van der Waals surface area (Å²) in [7, 11) is -3.41. The summed E-state index contributed by atoms with van der Waals surface area (Å²) in [6, 6.07) is 0. The summed E-state index contributed by atoms with van der Waals surface area (Å²) >= 11 is 0. The molecule has 1 fully saturated rings. The Balaban J connectivity index is 2.76. The standard InChI is InChI=1S/C5H10NO4P/c7-5(8)4-3-6-1-2-11(4,9)10/h4,6H,1-3H2,(H,7,8)(H,9,10). The molecule has 1 aliphatic heterocycles. The average Bonchev–Trinajstić information content (AvgIpc) is 1.85. The van der Waals surface area contributed by atoms with Crippen LogP contribution < -0.4 is 5.32 Å². The van der Waals surface area contributed by atoms with Gasteiger partial charge in [0.25, 0.3) is 0 Å². The Kier molecular flexibility index (Phi) is 2.32. The fourth-order valence-electron chi connectivity index (χ4n) is 1.04. The van der Waals surface area contributed by atoms with Crippen LogP contribution in [0.2, 0.25) is 0 Å². The molecule has 1 heterocycles. The number of aliphatic carboxylic acids is 1. The van der Waals surface area contributed by atoms with Crippen LogP contribution in [-0.4, -0.2) is 40.9 Å². The SMILES string of the molecule is O=C(O)C1CNCCP1(=O)O.